The van der Waals surface area contributed by atoms with E-state index < -0.39 is 5.97 Å². The van der Waals surface area contributed by atoms with Crippen molar-refractivity contribution >= 4 is 5.97 Å². The van der Waals surface area contributed by atoms with Gasteiger partial charge in [0.2, 0.25) is 0 Å². The Hall–Kier alpha value is -1.09. The molecular weight excluding hydrogens is 240 g/mol. The van der Waals surface area contributed by atoms with Gasteiger partial charge in [0.25, 0.3) is 0 Å². The van der Waals surface area contributed by atoms with Gasteiger partial charge in [-0.15, -0.1) is 0 Å². The third-order valence-electron chi connectivity index (χ3n) is 3.39. The molecule has 0 rings (SSSR count). The topological polar surface area (TPSA) is 46.5 Å². The third kappa shape index (κ3) is 9.48. The van der Waals surface area contributed by atoms with Crippen molar-refractivity contribution in [2.24, 2.45) is 5.92 Å². The van der Waals surface area contributed by atoms with Crippen LogP contribution in [0.15, 0.2) is 23.8 Å². The lowest BCUT2D eigenvalue weighted by molar-refractivity contribution is -0.132. The summed E-state index contributed by atoms with van der Waals surface area (Å²) in [6, 6.07) is 0. The van der Waals surface area contributed by atoms with Crippen molar-refractivity contribution in [3.8, 4) is 0 Å². The Labute approximate surface area is 117 Å². The van der Waals surface area contributed by atoms with Gasteiger partial charge in [-0.25, -0.2) is 4.79 Å². The Morgan fingerprint density at radius 2 is 2.05 bits per heavy atom. The van der Waals surface area contributed by atoms with Crippen LogP contribution in [0.4, 0.5) is 0 Å². The lowest BCUT2D eigenvalue weighted by atomic mass is 9.95. The second-order valence-electron chi connectivity index (χ2n) is 5.78. The van der Waals surface area contributed by atoms with Crippen LogP contribution in [0.2, 0.25) is 0 Å². The summed E-state index contributed by atoms with van der Waals surface area (Å²) in [7, 11) is 1.75. The highest BCUT2D eigenvalue weighted by Gasteiger charge is 2.15. The van der Waals surface area contributed by atoms with Gasteiger partial charge < -0.3 is 9.84 Å². The van der Waals surface area contributed by atoms with Gasteiger partial charge in [-0.3, -0.25) is 0 Å². The van der Waals surface area contributed by atoms with E-state index in [4.69, 9.17) is 9.84 Å². The molecular formula is C16H28O3. The van der Waals surface area contributed by atoms with Crippen molar-refractivity contribution < 1.29 is 14.6 Å². The van der Waals surface area contributed by atoms with Crippen LogP contribution in [0.5, 0.6) is 0 Å². The average molecular weight is 268 g/mol. The summed E-state index contributed by atoms with van der Waals surface area (Å²) in [4.78, 5) is 10.6. The molecule has 0 aliphatic heterocycles. The van der Waals surface area contributed by atoms with Gasteiger partial charge in [-0.1, -0.05) is 38.0 Å². The number of carboxylic acid groups (broad SMARTS) is 1. The molecule has 0 radical (unpaired) electrons. The van der Waals surface area contributed by atoms with E-state index in [1.54, 1.807) is 20.1 Å². The van der Waals surface area contributed by atoms with E-state index in [2.05, 4.69) is 20.8 Å². The number of allylic oxidation sites excluding steroid dienone is 3. The summed E-state index contributed by atoms with van der Waals surface area (Å²) in [5, 5.41) is 8.69. The van der Waals surface area contributed by atoms with Crippen LogP contribution in [0.3, 0.4) is 0 Å². The predicted molar refractivity (Wildman–Crippen MR) is 79.3 cm³/mol. The van der Waals surface area contributed by atoms with Crippen molar-refractivity contribution in [1.29, 1.82) is 0 Å². The van der Waals surface area contributed by atoms with Crippen molar-refractivity contribution in [2.75, 3.05) is 7.11 Å². The van der Waals surface area contributed by atoms with E-state index in [1.165, 1.54) is 6.42 Å². The lowest BCUT2D eigenvalue weighted by Crippen LogP contribution is -2.22. The molecule has 0 bridgehead atoms. The largest absolute Gasteiger partial charge is 0.478 e. The van der Waals surface area contributed by atoms with E-state index in [0.717, 1.165) is 19.3 Å². The first-order valence-corrected chi connectivity index (χ1v) is 6.90. The van der Waals surface area contributed by atoms with Crippen LogP contribution in [-0.4, -0.2) is 23.8 Å². The monoisotopic (exact) mass is 268 g/mol. The zero-order chi connectivity index (χ0) is 14.9. The molecule has 19 heavy (non-hydrogen) atoms. The minimum Gasteiger partial charge on any atom is -0.478 e. The molecule has 1 atom stereocenters. The molecule has 0 aromatic heterocycles. The second kappa shape index (κ2) is 8.92. The summed E-state index contributed by atoms with van der Waals surface area (Å²) < 4.78 is 5.39. The zero-order valence-corrected chi connectivity index (χ0v) is 12.9. The Kier molecular flexibility index (Phi) is 8.41. The van der Waals surface area contributed by atoms with Crippen LogP contribution in [0.25, 0.3) is 0 Å². The first-order chi connectivity index (χ1) is 8.78. The molecule has 0 aromatic carbocycles. The Morgan fingerprint density at radius 3 is 2.58 bits per heavy atom. The van der Waals surface area contributed by atoms with Crippen LogP contribution < -0.4 is 0 Å². The standard InChI is InChI=1S/C16H28O3/c1-13(10-8-12-16(3,4)19-5)9-6-7-11-14(2)15(17)18/h6-7,11,13H,8-10,12H2,1-5H3,(H,17,18)/b7-6+,14-11+. The number of hydrogen-bond acceptors (Lipinski definition) is 2. The molecule has 0 aliphatic carbocycles. The van der Waals surface area contributed by atoms with Crippen LogP contribution >= 0.6 is 0 Å². The second-order valence-corrected chi connectivity index (χ2v) is 5.78. The predicted octanol–water partition coefficient (Wildman–Crippen LogP) is 4.20. The van der Waals surface area contributed by atoms with Crippen molar-refractivity contribution in [2.45, 2.75) is 59.0 Å². The number of methoxy groups -OCH3 is 1. The van der Waals surface area contributed by atoms with Gasteiger partial charge in [0, 0.05) is 12.7 Å². The van der Waals surface area contributed by atoms with E-state index >= 15 is 0 Å². The van der Waals surface area contributed by atoms with Crippen molar-refractivity contribution in [3.05, 3.63) is 23.8 Å². The summed E-state index contributed by atoms with van der Waals surface area (Å²) in [5.41, 5.74) is 0.336. The smallest absolute Gasteiger partial charge is 0.331 e. The average Bonchev–Trinajstić information content (AvgIpc) is 2.34. The van der Waals surface area contributed by atoms with Crippen LogP contribution in [0, 0.1) is 5.92 Å². The Morgan fingerprint density at radius 1 is 1.42 bits per heavy atom. The molecule has 1 unspecified atom stereocenters. The fraction of sp³-hybridized carbons (Fsp3) is 0.688. The number of carbonyl (C=O) groups is 1. The molecule has 3 heteroatoms. The molecule has 0 fully saturated rings. The maximum absolute atomic E-state index is 10.6. The SMILES string of the molecule is COC(C)(C)CCCC(C)C/C=C/C=C(\C)C(=O)O. The molecule has 110 valence electrons. The Bertz CT molecular complexity index is 327. The van der Waals surface area contributed by atoms with Gasteiger partial charge in [-0.05, 0) is 39.5 Å². The van der Waals surface area contributed by atoms with Crippen LogP contribution in [-0.2, 0) is 9.53 Å². The van der Waals surface area contributed by atoms with Crippen molar-refractivity contribution in [3.63, 3.8) is 0 Å². The first-order valence-electron chi connectivity index (χ1n) is 6.90. The van der Waals surface area contributed by atoms with Gasteiger partial charge in [0.05, 0.1) is 5.60 Å². The summed E-state index contributed by atoms with van der Waals surface area (Å²) in [5.74, 6) is -0.248. The van der Waals surface area contributed by atoms with Crippen LogP contribution in [0.1, 0.15) is 53.4 Å². The quantitative estimate of drug-likeness (QED) is 0.503. The third-order valence-corrected chi connectivity index (χ3v) is 3.39. The van der Waals surface area contributed by atoms with Gasteiger partial charge in [0.15, 0.2) is 0 Å². The highest BCUT2D eigenvalue weighted by molar-refractivity contribution is 5.86. The number of ether oxygens (including phenoxy) is 1. The van der Waals surface area contributed by atoms with E-state index in [1.807, 2.05) is 12.2 Å². The highest BCUT2D eigenvalue weighted by Crippen LogP contribution is 2.20. The maximum Gasteiger partial charge on any atom is 0.331 e. The Balaban J connectivity index is 3.88. The number of hydrogen-bond donors (Lipinski definition) is 1. The maximum atomic E-state index is 10.6. The molecule has 0 saturated heterocycles. The normalized spacial score (nSPS) is 14.9. The number of rotatable bonds is 9. The molecule has 0 aromatic rings. The fourth-order valence-corrected chi connectivity index (χ4v) is 1.69. The molecule has 0 spiro atoms. The molecule has 0 saturated carbocycles. The molecule has 0 heterocycles. The minimum absolute atomic E-state index is 0.0309. The molecule has 3 nitrogen and oxygen atoms in total. The van der Waals surface area contributed by atoms with E-state index in [-0.39, 0.29) is 5.60 Å². The summed E-state index contributed by atoms with van der Waals surface area (Å²) >= 11 is 0. The zero-order valence-electron chi connectivity index (χ0n) is 12.9. The number of aliphatic carboxylic acids is 1. The molecule has 0 aliphatic rings. The first kappa shape index (κ1) is 17.9. The highest BCUT2D eigenvalue weighted by atomic mass is 16.5. The molecule has 0 amide bonds. The van der Waals surface area contributed by atoms with Gasteiger partial charge >= 0.3 is 5.97 Å². The summed E-state index contributed by atoms with van der Waals surface area (Å²) in [6.07, 6.45) is 9.88. The van der Waals surface area contributed by atoms with Gasteiger partial charge in [0.1, 0.15) is 0 Å². The lowest BCUT2D eigenvalue weighted by Gasteiger charge is -2.23. The van der Waals surface area contributed by atoms with Crippen molar-refractivity contribution in [1.82, 2.24) is 0 Å². The number of carboxylic acids is 1. The fourth-order valence-electron chi connectivity index (χ4n) is 1.69. The van der Waals surface area contributed by atoms with E-state index in [9.17, 15) is 4.79 Å². The molecule has 1 N–H and O–H groups in total. The van der Waals surface area contributed by atoms with Gasteiger partial charge in [-0.2, -0.15) is 0 Å². The minimum atomic E-state index is -0.862. The summed E-state index contributed by atoms with van der Waals surface area (Å²) in [6.45, 7) is 8.04. The van der Waals surface area contributed by atoms with E-state index in [0.29, 0.717) is 11.5 Å².